The number of aryl methyl sites for hydroxylation is 1. The summed E-state index contributed by atoms with van der Waals surface area (Å²) in [5.74, 6) is -0.197. The zero-order valence-electron chi connectivity index (χ0n) is 16.3. The molecule has 0 unspecified atom stereocenters. The number of amides is 1. The number of fused-ring (bicyclic) bond motifs is 1. The number of rotatable bonds is 6. The summed E-state index contributed by atoms with van der Waals surface area (Å²) >= 11 is 0. The largest absolute Gasteiger partial charge is 0.493 e. The van der Waals surface area contributed by atoms with Crippen molar-refractivity contribution in [3.05, 3.63) is 30.3 Å². The monoisotopic (exact) mass is 400 g/mol. The van der Waals surface area contributed by atoms with E-state index in [-0.39, 0.29) is 36.0 Å². The van der Waals surface area contributed by atoms with E-state index < -0.39 is 5.82 Å². The summed E-state index contributed by atoms with van der Waals surface area (Å²) in [5.41, 5.74) is 1.81. The smallest absolute Gasteiger partial charge is 0.229 e. The second-order valence-electron chi connectivity index (χ2n) is 7.01. The number of aliphatic hydroxyl groups excluding tert-OH is 1. The van der Waals surface area contributed by atoms with Crippen LogP contribution in [0.15, 0.2) is 24.5 Å². The third-order valence-electron chi connectivity index (χ3n) is 5.28. The van der Waals surface area contributed by atoms with Gasteiger partial charge in [0.1, 0.15) is 11.4 Å². The number of nitrogens with one attached hydrogen (secondary N) is 1. The standard InChI is InChI=1S/C20H21FN4O4/c1-25-14(17-18(28-2)13(21)7-23-20(17)29-3)5-10-6-16(22-8-15(10)25)24-19(27)12-4-11(12)9-26/h5-8,11-12,26H,4,9H2,1-3H3,(H,22,24,27)/t11-,12+/m0/s1. The number of nitrogens with zero attached hydrogens (tertiary/aromatic N) is 3. The Morgan fingerprint density at radius 3 is 2.76 bits per heavy atom. The molecule has 29 heavy (non-hydrogen) atoms. The highest BCUT2D eigenvalue weighted by Crippen LogP contribution is 2.41. The Hall–Kier alpha value is -3.20. The molecule has 2 atom stereocenters. The second kappa shape index (κ2) is 7.32. The minimum absolute atomic E-state index is 0.0118. The molecule has 0 aromatic carbocycles. The van der Waals surface area contributed by atoms with Gasteiger partial charge in [-0.2, -0.15) is 0 Å². The first-order chi connectivity index (χ1) is 14.0. The summed E-state index contributed by atoms with van der Waals surface area (Å²) in [4.78, 5) is 20.5. The van der Waals surface area contributed by atoms with E-state index in [1.54, 1.807) is 12.3 Å². The van der Waals surface area contributed by atoms with E-state index in [2.05, 4.69) is 15.3 Å². The van der Waals surface area contributed by atoms with E-state index in [0.717, 1.165) is 17.1 Å². The average Bonchev–Trinajstić information content (AvgIpc) is 3.45. The van der Waals surface area contributed by atoms with Crippen molar-refractivity contribution in [2.24, 2.45) is 18.9 Å². The number of pyridine rings is 2. The molecule has 1 fully saturated rings. The van der Waals surface area contributed by atoms with Crippen molar-refractivity contribution in [3.8, 4) is 22.9 Å². The molecule has 3 aromatic heterocycles. The Kier molecular flexibility index (Phi) is 4.83. The molecule has 3 aromatic rings. The molecule has 0 bridgehead atoms. The van der Waals surface area contributed by atoms with Crippen LogP contribution in [0.1, 0.15) is 6.42 Å². The van der Waals surface area contributed by atoms with Crippen LogP contribution in [-0.2, 0) is 11.8 Å². The molecular formula is C20H21FN4O4. The number of halogens is 1. The second-order valence-corrected chi connectivity index (χ2v) is 7.01. The maximum atomic E-state index is 14.3. The van der Waals surface area contributed by atoms with Crippen LogP contribution in [0.5, 0.6) is 11.6 Å². The number of carbonyl (C=O) groups excluding carboxylic acids is 1. The topological polar surface area (TPSA) is 98.5 Å². The summed E-state index contributed by atoms with van der Waals surface area (Å²) in [6.45, 7) is 0.0118. The van der Waals surface area contributed by atoms with Gasteiger partial charge in [0.15, 0.2) is 11.6 Å². The molecule has 2 N–H and O–H groups in total. The average molecular weight is 400 g/mol. The van der Waals surface area contributed by atoms with Crippen LogP contribution in [-0.4, -0.2) is 46.4 Å². The first-order valence-electron chi connectivity index (χ1n) is 9.12. The zero-order chi connectivity index (χ0) is 20.7. The van der Waals surface area contributed by atoms with E-state index in [0.29, 0.717) is 23.5 Å². The van der Waals surface area contributed by atoms with Gasteiger partial charge >= 0.3 is 0 Å². The van der Waals surface area contributed by atoms with Crippen LogP contribution in [0, 0.1) is 17.7 Å². The maximum Gasteiger partial charge on any atom is 0.229 e. The van der Waals surface area contributed by atoms with E-state index in [1.807, 2.05) is 17.7 Å². The first-order valence-corrected chi connectivity index (χ1v) is 9.12. The Bertz CT molecular complexity index is 1100. The van der Waals surface area contributed by atoms with Crippen LogP contribution in [0.4, 0.5) is 10.2 Å². The summed E-state index contributed by atoms with van der Waals surface area (Å²) in [7, 11) is 4.66. The SMILES string of the molecule is COc1ncc(F)c(OC)c1-c1cc2cc(NC(=O)[C@@H]3C[C@H]3CO)ncc2n1C. The number of hydrogen-bond acceptors (Lipinski definition) is 6. The van der Waals surface area contributed by atoms with E-state index in [4.69, 9.17) is 14.6 Å². The Balaban J connectivity index is 1.74. The molecule has 1 aliphatic carbocycles. The van der Waals surface area contributed by atoms with Crippen molar-refractivity contribution in [1.29, 1.82) is 0 Å². The Morgan fingerprint density at radius 1 is 1.31 bits per heavy atom. The van der Waals surface area contributed by atoms with Crippen molar-refractivity contribution < 1.29 is 23.8 Å². The molecule has 0 saturated heterocycles. The molecule has 1 amide bonds. The van der Waals surface area contributed by atoms with E-state index in [9.17, 15) is 9.18 Å². The van der Waals surface area contributed by atoms with Crippen molar-refractivity contribution in [2.45, 2.75) is 6.42 Å². The minimum atomic E-state index is -0.595. The number of aromatic nitrogens is 3. The highest BCUT2D eigenvalue weighted by atomic mass is 19.1. The Labute approximate surface area is 166 Å². The molecule has 0 spiro atoms. The van der Waals surface area contributed by atoms with Gasteiger partial charge in [0.05, 0.1) is 37.8 Å². The van der Waals surface area contributed by atoms with Gasteiger partial charge in [-0.05, 0) is 24.5 Å². The number of aliphatic hydroxyl groups is 1. The van der Waals surface area contributed by atoms with Crippen molar-refractivity contribution in [2.75, 3.05) is 26.1 Å². The van der Waals surface area contributed by atoms with E-state index >= 15 is 0 Å². The van der Waals surface area contributed by atoms with Crippen LogP contribution in [0.3, 0.4) is 0 Å². The van der Waals surface area contributed by atoms with Crippen LogP contribution in [0.2, 0.25) is 0 Å². The van der Waals surface area contributed by atoms with Gasteiger partial charge in [-0.1, -0.05) is 0 Å². The van der Waals surface area contributed by atoms with Crippen LogP contribution in [0.25, 0.3) is 22.2 Å². The lowest BCUT2D eigenvalue weighted by Crippen LogP contribution is -2.16. The normalized spacial score (nSPS) is 18.0. The predicted octanol–water partition coefficient (Wildman–Crippen LogP) is 2.36. The summed E-state index contributed by atoms with van der Waals surface area (Å²) in [6.07, 6.45) is 3.37. The molecule has 0 radical (unpaired) electrons. The molecular weight excluding hydrogens is 379 g/mol. The van der Waals surface area contributed by atoms with Crippen molar-refractivity contribution in [1.82, 2.24) is 14.5 Å². The minimum Gasteiger partial charge on any atom is -0.493 e. The van der Waals surface area contributed by atoms with Gasteiger partial charge in [0.2, 0.25) is 11.8 Å². The number of methoxy groups -OCH3 is 2. The van der Waals surface area contributed by atoms with Gasteiger partial charge in [0, 0.05) is 25.0 Å². The van der Waals surface area contributed by atoms with Crippen LogP contribution >= 0.6 is 0 Å². The Morgan fingerprint density at radius 2 is 2.10 bits per heavy atom. The molecule has 1 saturated carbocycles. The third kappa shape index (κ3) is 3.27. The lowest BCUT2D eigenvalue weighted by Gasteiger charge is -2.13. The summed E-state index contributed by atoms with van der Waals surface area (Å²) in [5, 5.41) is 12.7. The summed E-state index contributed by atoms with van der Waals surface area (Å²) in [6, 6.07) is 3.58. The zero-order valence-corrected chi connectivity index (χ0v) is 16.3. The lowest BCUT2D eigenvalue weighted by molar-refractivity contribution is -0.117. The van der Waals surface area contributed by atoms with Crippen LogP contribution < -0.4 is 14.8 Å². The maximum absolute atomic E-state index is 14.3. The molecule has 1 aliphatic rings. The molecule has 152 valence electrons. The van der Waals surface area contributed by atoms with Gasteiger partial charge in [0.25, 0.3) is 0 Å². The van der Waals surface area contributed by atoms with Gasteiger partial charge < -0.3 is 24.5 Å². The quantitative estimate of drug-likeness (QED) is 0.659. The summed E-state index contributed by atoms with van der Waals surface area (Å²) < 4.78 is 26.7. The number of anilines is 1. The highest BCUT2D eigenvalue weighted by Gasteiger charge is 2.42. The predicted molar refractivity (Wildman–Crippen MR) is 104 cm³/mol. The lowest BCUT2D eigenvalue weighted by atomic mass is 10.1. The van der Waals surface area contributed by atoms with Gasteiger partial charge in [-0.15, -0.1) is 0 Å². The molecule has 3 heterocycles. The van der Waals surface area contributed by atoms with Crippen molar-refractivity contribution in [3.63, 3.8) is 0 Å². The molecule has 9 heteroatoms. The number of carbonyl (C=O) groups is 1. The molecule has 0 aliphatic heterocycles. The molecule has 8 nitrogen and oxygen atoms in total. The number of hydrogen-bond donors (Lipinski definition) is 2. The van der Waals surface area contributed by atoms with Gasteiger partial charge in [-0.25, -0.2) is 14.4 Å². The molecule has 4 rings (SSSR count). The fourth-order valence-electron chi connectivity index (χ4n) is 3.57. The fourth-order valence-corrected chi connectivity index (χ4v) is 3.57. The van der Waals surface area contributed by atoms with Crippen molar-refractivity contribution >= 4 is 22.6 Å². The third-order valence-corrected chi connectivity index (χ3v) is 5.28. The highest BCUT2D eigenvalue weighted by molar-refractivity contribution is 5.96. The fraction of sp³-hybridized carbons (Fsp3) is 0.350. The van der Waals surface area contributed by atoms with Gasteiger partial charge in [-0.3, -0.25) is 4.79 Å². The van der Waals surface area contributed by atoms with E-state index in [1.165, 1.54) is 14.2 Å². The first kappa shape index (κ1) is 19.1. The number of ether oxygens (including phenoxy) is 2.